The third-order valence-corrected chi connectivity index (χ3v) is 7.86. The molecule has 0 unspecified atom stereocenters. The summed E-state index contributed by atoms with van der Waals surface area (Å²) in [6.07, 6.45) is -7.89. The summed E-state index contributed by atoms with van der Waals surface area (Å²) in [5.41, 5.74) is -0.143. The topological polar surface area (TPSA) is 120 Å². The molecule has 1 aromatic carbocycles. The fraction of sp³-hybridized carbons (Fsp3) is 0.567. The summed E-state index contributed by atoms with van der Waals surface area (Å²) in [7, 11) is 0. The molecule has 3 heterocycles. The molecule has 0 bridgehead atoms. The average molecular weight is 674 g/mol. The molecule has 47 heavy (non-hydrogen) atoms. The van der Waals surface area contributed by atoms with E-state index < -0.39 is 41.7 Å². The molecule has 2 fully saturated rings. The van der Waals surface area contributed by atoms with Gasteiger partial charge in [-0.05, 0) is 43.9 Å². The molecule has 1 atom stereocenters. The summed E-state index contributed by atoms with van der Waals surface area (Å²) in [6.45, 7) is 3.54. The Bertz CT molecular complexity index is 1380. The van der Waals surface area contributed by atoms with E-state index in [-0.39, 0.29) is 76.4 Å². The predicted octanol–water partition coefficient (Wildman–Crippen LogP) is 3.87. The lowest BCUT2D eigenvalue weighted by Crippen LogP contribution is -2.52. The van der Waals surface area contributed by atoms with E-state index in [1.54, 1.807) is 16.7 Å². The Hall–Kier alpha value is -4.31. The van der Waals surface area contributed by atoms with Crippen molar-refractivity contribution in [2.45, 2.75) is 45.0 Å². The minimum Gasteiger partial charge on any atom is -0.466 e. The Morgan fingerprint density at radius 3 is 2.15 bits per heavy atom. The number of hydrogen-bond donors (Lipinski definition) is 2. The van der Waals surface area contributed by atoms with Crippen molar-refractivity contribution in [3.63, 3.8) is 0 Å². The quantitative estimate of drug-likeness (QED) is 0.288. The molecule has 2 N–H and O–H groups in total. The summed E-state index contributed by atoms with van der Waals surface area (Å²) < 4.78 is 84.8. The van der Waals surface area contributed by atoms with Gasteiger partial charge in [-0.15, -0.1) is 0 Å². The summed E-state index contributed by atoms with van der Waals surface area (Å²) in [6, 6.07) is 5.72. The number of nitrogens with one attached hydrogen (secondary N) is 2. The Labute approximate surface area is 267 Å². The van der Waals surface area contributed by atoms with E-state index >= 15 is 0 Å². The highest BCUT2D eigenvalue weighted by Crippen LogP contribution is 2.32. The average Bonchev–Trinajstić information content (AvgIpc) is 3.04. The van der Waals surface area contributed by atoms with Crippen molar-refractivity contribution < 1.29 is 45.5 Å². The number of nitrogens with zero attached hydrogens (tertiary/aromatic N) is 5. The summed E-state index contributed by atoms with van der Waals surface area (Å²) >= 11 is 0. The van der Waals surface area contributed by atoms with E-state index in [2.05, 4.69) is 20.6 Å². The number of aromatic nitrogens is 2. The van der Waals surface area contributed by atoms with Crippen molar-refractivity contribution in [2.24, 2.45) is 5.92 Å². The number of esters is 1. The van der Waals surface area contributed by atoms with Crippen LogP contribution in [0.1, 0.15) is 43.1 Å². The first-order chi connectivity index (χ1) is 22.2. The number of alkyl halides is 6. The highest BCUT2D eigenvalue weighted by atomic mass is 19.4. The van der Waals surface area contributed by atoms with Crippen LogP contribution in [-0.2, 0) is 33.1 Å². The van der Waals surface area contributed by atoms with Gasteiger partial charge in [0.05, 0.1) is 24.5 Å². The Balaban J connectivity index is 1.34. The molecule has 0 saturated carbocycles. The molecule has 2 saturated heterocycles. The minimum atomic E-state index is -4.82. The van der Waals surface area contributed by atoms with E-state index in [1.807, 2.05) is 0 Å². The summed E-state index contributed by atoms with van der Waals surface area (Å²) in [4.78, 5) is 49.2. The number of anilines is 2. The second kappa shape index (κ2) is 15.5. The number of piperazine rings is 1. The predicted molar refractivity (Wildman–Crippen MR) is 159 cm³/mol. The first kappa shape index (κ1) is 35.5. The molecule has 2 aliphatic rings. The van der Waals surface area contributed by atoms with Crippen LogP contribution in [0.5, 0.6) is 0 Å². The smallest absolute Gasteiger partial charge is 0.451 e. The zero-order chi connectivity index (χ0) is 34.2. The van der Waals surface area contributed by atoms with Crippen LogP contribution in [0, 0.1) is 5.92 Å². The molecule has 258 valence electrons. The maximum Gasteiger partial charge on any atom is 0.451 e. The van der Waals surface area contributed by atoms with E-state index in [1.165, 1.54) is 23.1 Å². The maximum absolute atomic E-state index is 13.9. The Morgan fingerprint density at radius 1 is 0.872 bits per heavy atom. The van der Waals surface area contributed by atoms with Gasteiger partial charge >= 0.3 is 24.4 Å². The summed E-state index contributed by atoms with van der Waals surface area (Å²) in [5, 5.41) is 5.42. The number of carbonyl (C=O) groups excluding carboxylic acids is 3. The van der Waals surface area contributed by atoms with Gasteiger partial charge in [0.25, 0.3) is 0 Å². The van der Waals surface area contributed by atoms with Crippen molar-refractivity contribution >= 4 is 29.5 Å². The van der Waals surface area contributed by atoms with Crippen molar-refractivity contribution in [2.75, 3.05) is 68.8 Å². The number of benzene rings is 1. The van der Waals surface area contributed by atoms with Gasteiger partial charge in [-0.3, -0.25) is 9.59 Å². The third kappa shape index (κ3) is 10.1. The Morgan fingerprint density at radius 2 is 1.53 bits per heavy atom. The number of rotatable bonds is 10. The zero-order valence-electron chi connectivity index (χ0n) is 25.8. The monoisotopic (exact) mass is 673 g/mol. The van der Waals surface area contributed by atoms with Gasteiger partial charge < -0.3 is 30.1 Å². The Kier molecular flexibility index (Phi) is 11.7. The molecule has 2 aromatic rings. The van der Waals surface area contributed by atoms with Crippen LogP contribution in [0.4, 0.5) is 42.8 Å². The molecule has 0 spiro atoms. The van der Waals surface area contributed by atoms with Crippen LogP contribution in [0.2, 0.25) is 0 Å². The first-order valence-corrected chi connectivity index (χ1v) is 15.3. The molecule has 0 aliphatic carbocycles. The van der Waals surface area contributed by atoms with E-state index in [0.717, 1.165) is 12.1 Å². The number of halogens is 6. The number of hydrogen-bond acceptors (Lipinski definition) is 8. The SMILES string of the molecule is CCOC(=O)CCNC(=O)N1CCN(c2cc(N3CCC[C@@H](C(=O)NCCc4ccc(C(F)(F)F)cc4)C3)nc(C(F)(F)F)n2)CC1. The number of amides is 3. The van der Waals surface area contributed by atoms with Gasteiger partial charge in [0.15, 0.2) is 0 Å². The van der Waals surface area contributed by atoms with Crippen LogP contribution >= 0.6 is 0 Å². The van der Waals surface area contributed by atoms with Crippen LogP contribution in [-0.4, -0.2) is 91.7 Å². The highest BCUT2D eigenvalue weighted by Gasteiger charge is 2.37. The number of piperidine rings is 1. The molecule has 3 amide bonds. The van der Waals surface area contributed by atoms with Crippen LogP contribution in [0.3, 0.4) is 0 Å². The lowest BCUT2D eigenvalue weighted by Gasteiger charge is -2.37. The van der Waals surface area contributed by atoms with Crippen LogP contribution < -0.4 is 20.4 Å². The number of ether oxygens (including phenoxy) is 1. The second-order valence-corrected chi connectivity index (χ2v) is 11.2. The van der Waals surface area contributed by atoms with Gasteiger partial charge in [-0.1, -0.05) is 12.1 Å². The van der Waals surface area contributed by atoms with Gasteiger partial charge in [0.2, 0.25) is 11.7 Å². The standard InChI is InChI=1S/C30H37F6N7O4/c1-2-47-25(44)10-12-38-28(46)42-16-14-41(15-17-42)23-18-24(40-27(39-23)30(34,35)36)43-13-3-4-21(19-43)26(45)37-11-9-20-5-7-22(8-6-20)29(31,32)33/h5-8,18,21H,2-4,9-17,19H2,1H3,(H,37,45)(H,38,46)/t21-/m1/s1. The molecular weight excluding hydrogens is 636 g/mol. The highest BCUT2D eigenvalue weighted by molar-refractivity contribution is 5.79. The fourth-order valence-electron chi connectivity index (χ4n) is 5.36. The minimum absolute atomic E-state index is 0.0191. The van der Waals surface area contributed by atoms with Gasteiger partial charge in [0, 0.05) is 58.4 Å². The van der Waals surface area contributed by atoms with Crippen LogP contribution in [0.25, 0.3) is 0 Å². The summed E-state index contributed by atoms with van der Waals surface area (Å²) in [5.74, 6) is -2.50. The molecule has 1 aromatic heterocycles. The van der Waals surface area contributed by atoms with E-state index in [0.29, 0.717) is 31.4 Å². The first-order valence-electron chi connectivity index (χ1n) is 15.3. The van der Waals surface area contributed by atoms with Crippen molar-refractivity contribution in [1.29, 1.82) is 0 Å². The fourth-order valence-corrected chi connectivity index (χ4v) is 5.36. The molecule has 4 rings (SSSR count). The molecule has 17 heteroatoms. The molecular formula is C30H37F6N7O4. The molecule has 0 radical (unpaired) electrons. The number of carbonyl (C=O) groups is 3. The van der Waals surface area contributed by atoms with Gasteiger partial charge in [0.1, 0.15) is 11.6 Å². The van der Waals surface area contributed by atoms with Crippen molar-refractivity contribution in [3.8, 4) is 0 Å². The van der Waals surface area contributed by atoms with E-state index in [4.69, 9.17) is 4.74 Å². The van der Waals surface area contributed by atoms with Crippen LogP contribution in [0.15, 0.2) is 30.3 Å². The largest absolute Gasteiger partial charge is 0.466 e. The van der Waals surface area contributed by atoms with Crippen molar-refractivity contribution in [3.05, 3.63) is 47.3 Å². The zero-order valence-corrected chi connectivity index (χ0v) is 25.8. The lowest BCUT2D eigenvalue weighted by molar-refractivity contribution is -0.145. The van der Waals surface area contributed by atoms with E-state index in [9.17, 15) is 40.7 Å². The number of urea groups is 1. The third-order valence-electron chi connectivity index (χ3n) is 7.86. The normalized spacial score (nSPS) is 17.3. The maximum atomic E-state index is 13.9. The van der Waals surface area contributed by atoms with Gasteiger partial charge in [-0.25, -0.2) is 14.8 Å². The lowest BCUT2D eigenvalue weighted by atomic mass is 9.97. The van der Waals surface area contributed by atoms with Crippen molar-refractivity contribution in [1.82, 2.24) is 25.5 Å². The molecule has 11 nitrogen and oxygen atoms in total. The van der Waals surface area contributed by atoms with Gasteiger partial charge in [-0.2, -0.15) is 26.3 Å². The second-order valence-electron chi connectivity index (χ2n) is 11.2. The molecule has 2 aliphatic heterocycles.